The molecule has 5 nitrogen and oxygen atoms in total. The number of hydrogen-bond donors (Lipinski definition) is 3. The molecule has 0 bridgehead atoms. The van der Waals surface area contributed by atoms with Crippen LogP contribution in [0, 0.1) is 0 Å². The number of hydrogen-bond acceptors (Lipinski definition) is 3. The third kappa shape index (κ3) is 3.89. The summed E-state index contributed by atoms with van der Waals surface area (Å²) in [5.41, 5.74) is 2.84. The SMILES string of the molecule is COc1ccccc1NC(=O)C1=C(C)NC(=S)N[C@@H]1c1cccc(Br)c1. The van der Waals surface area contributed by atoms with Gasteiger partial charge in [0.25, 0.3) is 5.91 Å². The summed E-state index contributed by atoms with van der Waals surface area (Å²) in [6.07, 6.45) is 0. The maximum absolute atomic E-state index is 13.1. The van der Waals surface area contributed by atoms with Crippen LogP contribution in [0.4, 0.5) is 5.69 Å². The first-order chi connectivity index (χ1) is 12.5. The number of rotatable bonds is 4. The van der Waals surface area contributed by atoms with Crippen molar-refractivity contribution < 1.29 is 9.53 Å². The standard InChI is InChI=1S/C19H18BrN3O2S/c1-11-16(18(24)22-14-8-3-4-9-15(14)25-2)17(23-19(26)21-11)12-6-5-7-13(20)10-12/h3-10,17H,1-2H3,(H,22,24)(H2,21,23,26)/t17-/m1/s1. The monoisotopic (exact) mass is 431 g/mol. The molecule has 3 N–H and O–H groups in total. The number of methoxy groups -OCH3 is 1. The third-order valence-corrected chi connectivity index (χ3v) is 4.76. The van der Waals surface area contributed by atoms with Gasteiger partial charge in [0.2, 0.25) is 0 Å². The topological polar surface area (TPSA) is 62.4 Å². The van der Waals surface area contributed by atoms with Crippen molar-refractivity contribution in [2.45, 2.75) is 13.0 Å². The fourth-order valence-corrected chi connectivity index (χ4v) is 3.56. The molecule has 2 aromatic carbocycles. The Labute approximate surface area is 165 Å². The van der Waals surface area contributed by atoms with Crippen LogP contribution in [-0.4, -0.2) is 18.1 Å². The number of allylic oxidation sites excluding steroid dienone is 1. The van der Waals surface area contributed by atoms with Crippen LogP contribution in [-0.2, 0) is 4.79 Å². The predicted octanol–water partition coefficient (Wildman–Crippen LogP) is 3.89. The average molecular weight is 432 g/mol. The first-order valence-corrected chi connectivity index (χ1v) is 9.18. The minimum Gasteiger partial charge on any atom is -0.495 e. The highest BCUT2D eigenvalue weighted by molar-refractivity contribution is 9.10. The van der Waals surface area contributed by atoms with Crippen molar-refractivity contribution in [2.24, 2.45) is 0 Å². The fourth-order valence-electron chi connectivity index (χ4n) is 2.87. The van der Waals surface area contributed by atoms with E-state index in [1.165, 1.54) is 0 Å². The van der Waals surface area contributed by atoms with Crippen LogP contribution in [0.1, 0.15) is 18.5 Å². The Kier molecular flexibility index (Phi) is 5.58. The summed E-state index contributed by atoms with van der Waals surface area (Å²) in [5.74, 6) is 0.379. The molecule has 134 valence electrons. The number of anilines is 1. The summed E-state index contributed by atoms with van der Waals surface area (Å²) in [4.78, 5) is 13.1. The quantitative estimate of drug-likeness (QED) is 0.640. The van der Waals surface area contributed by atoms with Crippen LogP contribution < -0.4 is 20.7 Å². The minimum absolute atomic E-state index is 0.223. The van der Waals surface area contributed by atoms with Crippen LogP contribution in [0.25, 0.3) is 0 Å². The highest BCUT2D eigenvalue weighted by Crippen LogP contribution is 2.30. The van der Waals surface area contributed by atoms with Crippen LogP contribution in [0.15, 0.2) is 64.3 Å². The van der Waals surface area contributed by atoms with Crippen LogP contribution in [0.5, 0.6) is 5.75 Å². The molecule has 0 saturated heterocycles. The van der Waals surface area contributed by atoms with Gasteiger partial charge in [0, 0.05) is 10.2 Å². The predicted molar refractivity (Wildman–Crippen MR) is 110 cm³/mol. The van der Waals surface area contributed by atoms with Crippen molar-refractivity contribution in [3.05, 3.63) is 69.8 Å². The van der Waals surface area contributed by atoms with Crippen molar-refractivity contribution in [2.75, 3.05) is 12.4 Å². The van der Waals surface area contributed by atoms with Gasteiger partial charge in [-0.3, -0.25) is 4.79 Å². The third-order valence-electron chi connectivity index (χ3n) is 4.05. The van der Waals surface area contributed by atoms with E-state index in [4.69, 9.17) is 17.0 Å². The summed E-state index contributed by atoms with van der Waals surface area (Å²) >= 11 is 8.76. The maximum atomic E-state index is 13.1. The molecule has 1 amide bonds. The van der Waals surface area contributed by atoms with Gasteiger partial charge in [-0.05, 0) is 49.0 Å². The molecule has 1 aliphatic heterocycles. The molecule has 7 heteroatoms. The fraction of sp³-hybridized carbons (Fsp3) is 0.158. The zero-order valence-electron chi connectivity index (χ0n) is 14.3. The zero-order chi connectivity index (χ0) is 18.7. The van der Waals surface area contributed by atoms with Crippen molar-refractivity contribution in [1.82, 2.24) is 10.6 Å². The lowest BCUT2D eigenvalue weighted by molar-refractivity contribution is -0.113. The van der Waals surface area contributed by atoms with E-state index in [2.05, 4.69) is 31.9 Å². The van der Waals surface area contributed by atoms with Gasteiger partial charge < -0.3 is 20.7 Å². The molecule has 0 spiro atoms. The lowest BCUT2D eigenvalue weighted by atomic mass is 9.95. The summed E-state index contributed by atoms with van der Waals surface area (Å²) in [7, 11) is 1.57. The van der Waals surface area contributed by atoms with Crippen molar-refractivity contribution >= 4 is 44.9 Å². The maximum Gasteiger partial charge on any atom is 0.255 e. The highest BCUT2D eigenvalue weighted by Gasteiger charge is 2.30. The first-order valence-electron chi connectivity index (χ1n) is 7.97. The number of carbonyl (C=O) groups excluding carboxylic acids is 1. The van der Waals surface area contributed by atoms with Crippen molar-refractivity contribution in [1.29, 1.82) is 0 Å². The van der Waals surface area contributed by atoms with Gasteiger partial charge in [0.15, 0.2) is 5.11 Å². The number of para-hydroxylation sites is 2. The zero-order valence-corrected chi connectivity index (χ0v) is 16.7. The van der Waals surface area contributed by atoms with Crippen LogP contribution in [0.3, 0.4) is 0 Å². The lowest BCUT2D eigenvalue weighted by Crippen LogP contribution is -2.45. The van der Waals surface area contributed by atoms with E-state index in [9.17, 15) is 4.79 Å². The Bertz CT molecular complexity index is 898. The van der Waals surface area contributed by atoms with E-state index in [1.54, 1.807) is 19.2 Å². The smallest absolute Gasteiger partial charge is 0.255 e. The molecule has 0 unspecified atom stereocenters. The molecule has 1 heterocycles. The van der Waals surface area contributed by atoms with Gasteiger partial charge in [-0.1, -0.05) is 40.2 Å². The Morgan fingerprint density at radius 2 is 2.00 bits per heavy atom. The van der Waals surface area contributed by atoms with E-state index < -0.39 is 0 Å². The molecule has 1 atom stereocenters. The van der Waals surface area contributed by atoms with Gasteiger partial charge in [-0.15, -0.1) is 0 Å². The van der Waals surface area contributed by atoms with E-state index in [0.29, 0.717) is 27.8 Å². The molecule has 0 aliphatic carbocycles. The number of nitrogens with one attached hydrogen (secondary N) is 3. The molecule has 2 aromatic rings. The lowest BCUT2D eigenvalue weighted by Gasteiger charge is -2.30. The molecular formula is C19H18BrN3O2S. The molecule has 0 saturated carbocycles. The van der Waals surface area contributed by atoms with E-state index >= 15 is 0 Å². The number of ether oxygens (including phenoxy) is 1. The number of halogens is 1. The second-order valence-corrected chi connectivity index (χ2v) is 7.10. The van der Waals surface area contributed by atoms with Gasteiger partial charge >= 0.3 is 0 Å². The Morgan fingerprint density at radius 3 is 2.73 bits per heavy atom. The van der Waals surface area contributed by atoms with Crippen molar-refractivity contribution in [3.8, 4) is 5.75 Å². The highest BCUT2D eigenvalue weighted by atomic mass is 79.9. The van der Waals surface area contributed by atoms with E-state index in [-0.39, 0.29) is 11.9 Å². The van der Waals surface area contributed by atoms with E-state index in [1.807, 2.05) is 43.3 Å². The first kappa shape index (κ1) is 18.4. The van der Waals surface area contributed by atoms with Crippen LogP contribution >= 0.6 is 28.1 Å². The van der Waals surface area contributed by atoms with Crippen molar-refractivity contribution in [3.63, 3.8) is 0 Å². The summed E-state index contributed by atoms with van der Waals surface area (Å²) in [6.45, 7) is 1.84. The summed E-state index contributed by atoms with van der Waals surface area (Å²) in [6, 6.07) is 14.7. The Balaban J connectivity index is 1.97. The number of benzene rings is 2. The molecule has 0 radical (unpaired) electrons. The number of carbonyl (C=O) groups is 1. The normalized spacial score (nSPS) is 16.6. The van der Waals surface area contributed by atoms with Gasteiger partial charge in [0.05, 0.1) is 24.4 Å². The van der Waals surface area contributed by atoms with Gasteiger partial charge in [-0.25, -0.2) is 0 Å². The molecule has 0 fully saturated rings. The molecule has 1 aliphatic rings. The van der Waals surface area contributed by atoms with Gasteiger partial charge in [-0.2, -0.15) is 0 Å². The summed E-state index contributed by atoms with van der Waals surface area (Å²) in [5, 5.41) is 9.64. The molecule has 0 aromatic heterocycles. The second kappa shape index (κ2) is 7.88. The molecule has 26 heavy (non-hydrogen) atoms. The Morgan fingerprint density at radius 1 is 1.23 bits per heavy atom. The van der Waals surface area contributed by atoms with Crippen LogP contribution in [0.2, 0.25) is 0 Å². The van der Waals surface area contributed by atoms with Gasteiger partial charge in [0.1, 0.15) is 5.75 Å². The minimum atomic E-state index is -0.351. The molecule has 3 rings (SSSR count). The van der Waals surface area contributed by atoms with E-state index in [0.717, 1.165) is 10.0 Å². The number of amides is 1. The largest absolute Gasteiger partial charge is 0.495 e. The number of thiocarbonyl (C=S) groups is 1. The molecular weight excluding hydrogens is 414 g/mol. The summed E-state index contributed by atoms with van der Waals surface area (Å²) < 4.78 is 6.25. The Hall–Kier alpha value is -2.38. The second-order valence-electron chi connectivity index (χ2n) is 5.78. The average Bonchev–Trinajstić information content (AvgIpc) is 2.61.